The molecule has 0 saturated carbocycles. The first-order chi connectivity index (χ1) is 9.08. The van der Waals surface area contributed by atoms with Crippen molar-refractivity contribution in [2.75, 3.05) is 5.32 Å². The van der Waals surface area contributed by atoms with Gasteiger partial charge in [-0.2, -0.15) is 0 Å². The predicted molar refractivity (Wildman–Crippen MR) is 77.2 cm³/mol. The molecule has 2 aromatic rings. The Morgan fingerprint density at radius 2 is 1.79 bits per heavy atom. The molecule has 2 aromatic carbocycles. The summed E-state index contributed by atoms with van der Waals surface area (Å²) in [5.74, 6) is -1.15. The molecule has 0 radical (unpaired) electrons. The van der Waals surface area contributed by atoms with Gasteiger partial charge >= 0.3 is 0 Å². The first kappa shape index (κ1) is 14.0. The second-order valence-corrected chi connectivity index (χ2v) is 5.23. The van der Waals surface area contributed by atoms with Crippen LogP contribution < -0.4 is 5.32 Å². The summed E-state index contributed by atoms with van der Waals surface area (Å²) < 4.78 is 27.3. The van der Waals surface area contributed by atoms with Crippen molar-refractivity contribution in [2.24, 2.45) is 0 Å². The van der Waals surface area contributed by atoms with E-state index in [2.05, 4.69) is 21.2 Å². The van der Waals surface area contributed by atoms with Gasteiger partial charge in [-0.05, 0) is 36.2 Å². The molecule has 19 heavy (non-hydrogen) atoms. The van der Waals surface area contributed by atoms with Gasteiger partial charge in [0.15, 0.2) is 0 Å². The lowest BCUT2D eigenvalue weighted by molar-refractivity contribution is 0.583. The van der Waals surface area contributed by atoms with Crippen LogP contribution in [0.1, 0.15) is 24.9 Å². The molecule has 0 spiro atoms. The second kappa shape index (κ2) is 6.15. The number of hydrogen-bond donors (Lipinski definition) is 1. The predicted octanol–water partition coefficient (Wildman–Crippen LogP) is 5.29. The molecule has 4 heteroatoms. The Morgan fingerprint density at radius 3 is 2.37 bits per heavy atom. The Balaban J connectivity index is 2.23. The molecule has 1 atom stereocenters. The Morgan fingerprint density at radius 1 is 1.11 bits per heavy atom. The normalized spacial score (nSPS) is 12.2. The zero-order valence-corrected chi connectivity index (χ0v) is 12.0. The van der Waals surface area contributed by atoms with E-state index >= 15 is 0 Å². The van der Waals surface area contributed by atoms with Crippen molar-refractivity contribution in [3.63, 3.8) is 0 Å². The summed E-state index contributed by atoms with van der Waals surface area (Å²) in [5, 5.41) is 3.15. The molecule has 0 fully saturated rings. The van der Waals surface area contributed by atoms with Gasteiger partial charge in [-0.1, -0.05) is 35.0 Å². The highest BCUT2D eigenvalue weighted by Crippen LogP contribution is 2.25. The quantitative estimate of drug-likeness (QED) is 0.805. The minimum Gasteiger partial charge on any atom is -0.378 e. The maximum absolute atomic E-state index is 13.2. The summed E-state index contributed by atoms with van der Waals surface area (Å²) in [4.78, 5) is 0. The summed E-state index contributed by atoms with van der Waals surface area (Å²) in [6, 6.07) is 11.3. The molecule has 1 N–H and O–H groups in total. The van der Waals surface area contributed by atoms with Gasteiger partial charge in [-0.15, -0.1) is 0 Å². The van der Waals surface area contributed by atoms with Gasteiger partial charge in [0, 0.05) is 16.2 Å². The minimum absolute atomic E-state index is 0.0127. The van der Waals surface area contributed by atoms with E-state index in [1.807, 2.05) is 31.2 Å². The Kier molecular flexibility index (Phi) is 4.53. The minimum atomic E-state index is -0.577. The fraction of sp³-hybridized carbons (Fsp3) is 0.200. The number of hydrogen-bond acceptors (Lipinski definition) is 1. The van der Waals surface area contributed by atoms with Crippen LogP contribution in [0.3, 0.4) is 0 Å². The van der Waals surface area contributed by atoms with Gasteiger partial charge in [0.2, 0.25) is 0 Å². The van der Waals surface area contributed by atoms with Gasteiger partial charge < -0.3 is 5.32 Å². The first-order valence-corrected chi connectivity index (χ1v) is 6.86. The number of benzene rings is 2. The van der Waals surface area contributed by atoms with Gasteiger partial charge in [0.25, 0.3) is 0 Å². The third kappa shape index (κ3) is 3.77. The summed E-state index contributed by atoms with van der Waals surface area (Å²) in [6.07, 6.45) is 0.814. The van der Waals surface area contributed by atoms with E-state index in [0.29, 0.717) is 5.69 Å². The van der Waals surface area contributed by atoms with Crippen molar-refractivity contribution in [3.8, 4) is 0 Å². The number of anilines is 1. The van der Waals surface area contributed by atoms with Crippen molar-refractivity contribution in [2.45, 2.75) is 19.4 Å². The third-order valence-electron chi connectivity index (χ3n) is 2.86. The van der Waals surface area contributed by atoms with Crippen LogP contribution in [0.5, 0.6) is 0 Å². The van der Waals surface area contributed by atoms with Crippen molar-refractivity contribution >= 4 is 21.6 Å². The van der Waals surface area contributed by atoms with Crippen LogP contribution in [-0.2, 0) is 0 Å². The van der Waals surface area contributed by atoms with E-state index in [4.69, 9.17) is 0 Å². The summed E-state index contributed by atoms with van der Waals surface area (Å²) in [5.41, 5.74) is 1.52. The molecule has 0 bridgehead atoms. The van der Waals surface area contributed by atoms with E-state index in [-0.39, 0.29) is 6.04 Å². The maximum Gasteiger partial charge on any atom is 0.128 e. The van der Waals surface area contributed by atoms with Crippen molar-refractivity contribution in [1.29, 1.82) is 0 Å². The van der Waals surface area contributed by atoms with E-state index in [1.165, 1.54) is 12.1 Å². The molecule has 100 valence electrons. The standard InChI is InChI=1S/C15H14BrF2N/c1-2-15(10-4-3-5-11(16)6-10)19-14-8-12(17)7-13(18)9-14/h3-9,15,19H,2H2,1H3. The number of halogens is 3. The first-order valence-electron chi connectivity index (χ1n) is 6.06. The second-order valence-electron chi connectivity index (χ2n) is 4.32. The van der Waals surface area contributed by atoms with Gasteiger partial charge in [0.05, 0.1) is 6.04 Å². The van der Waals surface area contributed by atoms with Crippen molar-refractivity contribution < 1.29 is 8.78 Å². The van der Waals surface area contributed by atoms with Crippen LogP contribution in [0.15, 0.2) is 46.9 Å². The molecule has 0 aliphatic rings. The molecule has 1 nitrogen and oxygen atoms in total. The van der Waals surface area contributed by atoms with Gasteiger partial charge in [0.1, 0.15) is 11.6 Å². The largest absolute Gasteiger partial charge is 0.378 e. The smallest absolute Gasteiger partial charge is 0.128 e. The maximum atomic E-state index is 13.2. The lowest BCUT2D eigenvalue weighted by atomic mass is 10.0. The topological polar surface area (TPSA) is 12.0 Å². The van der Waals surface area contributed by atoms with E-state index in [1.54, 1.807) is 0 Å². The summed E-state index contributed by atoms with van der Waals surface area (Å²) in [7, 11) is 0. The molecular weight excluding hydrogens is 312 g/mol. The summed E-state index contributed by atoms with van der Waals surface area (Å²) in [6.45, 7) is 2.02. The third-order valence-corrected chi connectivity index (χ3v) is 3.36. The molecule has 0 heterocycles. The van der Waals surface area contributed by atoms with Crippen LogP contribution in [0.2, 0.25) is 0 Å². The average molecular weight is 326 g/mol. The number of rotatable bonds is 4. The van der Waals surface area contributed by atoms with Crippen LogP contribution in [0.25, 0.3) is 0 Å². The average Bonchev–Trinajstić information content (AvgIpc) is 2.34. The van der Waals surface area contributed by atoms with Crippen LogP contribution >= 0.6 is 15.9 Å². The summed E-state index contributed by atoms with van der Waals surface area (Å²) >= 11 is 3.42. The number of nitrogens with one attached hydrogen (secondary N) is 1. The van der Waals surface area contributed by atoms with E-state index < -0.39 is 11.6 Å². The van der Waals surface area contributed by atoms with Crippen molar-refractivity contribution in [1.82, 2.24) is 0 Å². The molecule has 0 aliphatic heterocycles. The Bertz CT molecular complexity index is 552. The monoisotopic (exact) mass is 325 g/mol. The molecule has 2 rings (SSSR count). The van der Waals surface area contributed by atoms with Crippen molar-refractivity contribution in [3.05, 3.63) is 64.1 Å². The highest BCUT2D eigenvalue weighted by molar-refractivity contribution is 9.10. The molecule has 0 aliphatic carbocycles. The lowest BCUT2D eigenvalue weighted by Gasteiger charge is -2.19. The Labute approximate surface area is 119 Å². The van der Waals surface area contributed by atoms with E-state index in [9.17, 15) is 8.78 Å². The molecule has 0 amide bonds. The molecule has 0 aromatic heterocycles. The highest BCUT2D eigenvalue weighted by Gasteiger charge is 2.10. The van der Waals surface area contributed by atoms with Gasteiger partial charge in [-0.3, -0.25) is 0 Å². The SMILES string of the molecule is CCC(Nc1cc(F)cc(F)c1)c1cccc(Br)c1. The highest BCUT2D eigenvalue weighted by atomic mass is 79.9. The van der Waals surface area contributed by atoms with Gasteiger partial charge in [-0.25, -0.2) is 8.78 Å². The van der Waals surface area contributed by atoms with Crippen LogP contribution in [-0.4, -0.2) is 0 Å². The fourth-order valence-electron chi connectivity index (χ4n) is 1.98. The fourth-order valence-corrected chi connectivity index (χ4v) is 2.40. The van der Waals surface area contributed by atoms with Crippen LogP contribution in [0, 0.1) is 11.6 Å². The van der Waals surface area contributed by atoms with Crippen LogP contribution in [0.4, 0.5) is 14.5 Å². The van der Waals surface area contributed by atoms with E-state index in [0.717, 1.165) is 22.5 Å². The zero-order chi connectivity index (χ0) is 13.8. The Hall–Kier alpha value is -1.42. The molecular formula is C15H14BrF2N. The molecule has 1 unspecified atom stereocenters. The zero-order valence-electron chi connectivity index (χ0n) is 10.5. The lowest BCUT2D eigenvalue weighted by Crippen LogP contribution is -2.10. The molecule has 0 saturated heterocycles.